The van der Waals surface area contributed by atoms with Crippen LogP contribution in [0, 0.1) is 0 Å². The molecule has 0 heterocycles. The number of carbonyl (C=O) groups excluding carboxylic acids is 2. The lowest BCUT2D eigenvalue weighted by atomic mass is 10.1. The highest BCUT2D eigenvalue weighted by atomic mass is 79.9. The second kappa shape index (κ2) is 12.2. The Balaban J connectivity index is 2.42. The Bertz CT molecular complexity index is 1130. The van der Waals surface area contributed by atoms with Gasteiger partial charge in [0.1, 0.15) is 12.6 Å². The highest BCUT2D eigenvalue weighted by molar-refractivity contribution is 9.10. The van der Waals surface area contributed by atoms with Crippen molar-refractivity contribution in [2.75, 3.05) is 17.1 Å². The normalized spacial score (nSPS) is 13.1. The molecule has 34 heavy (non-hydrogen) atoms. The molecule has 0 fully saturated rings. The third-order valence-electron chi connectivity index (χ3n) is 5.29. The van der Waals surface area contributed by atoms with Gasteiger partial charge < -0.3 is 10.2 Å². The van der Waals surface area contributed by atoms with Crippen LogP contribution in [0.15, 0.2) is 46.9 Å². The number of nitrogens with zero attached hydrogens (tertiary/aromatic N) is 2. The summed E-state index contributed by atoms with van der Waals surface area (Å²) in [5, 5.41) is 3.28. The minimum absolute atomic E-state index is 0.0719. The number of rotatable bonds is 10. The van der Waals surface area contributed by atoms with Crippen molar-refractivity contribution in [1.82, 2.24) is 10.2 Å². The molecule has 0 saturated heterocycles. The first-order valence-electron chi connectivity index (χ1n) is 10.6. The molecule has 2 aromatic rings. The summed E-state index contributed by atoms with van der Waals surface area (Å²) in [7, 11) is -3.90. The Kier molecular flexibility index (Phi) is 10.2. The molecule has 0 aliphatic rings. The zero-order valence-electron chi connectivity index (χ0n) is 19.4. The van der Waals surface area contributed by atoms with E-state index in [1.807, 2.05) is 38.1 Å². The standard InChI is InChI=1S/C23H28BrCl2N3O4S/c1-5-15(2)27-23(31)16(3)28(13-17-6-8-18(24)9-7-17)22(30)14-29(34(4,32)33)21-12-19(25)10-11-20(21)26/h6-12,15-16H,5,13-14H2,1-4H3,(H,27,31)/t15-,16-/m1/s1. The molecule has 0 aliphatic heterocycles. The van der Waals surface area contributed by atoms with E-state index in [0.29, 0.717) is 0 Å². The van der Waals surface area contributed by atoms with Crippen LogP contribution >= 0.6 is 39.1 Å². The van der Waals surface area contributed by atoms with Crippen molar-refractivity contribution in [3.8, 4) is 0 Å². The van der Waals surface area contributed by atoms with Crippen molar-refractivity contribution in [1.29, 1.82) is 0 Å². The number of halogens is 3. The van der Waals surface area contributed by atoms with Crippen molar-refractivity contribution in [3.63, 3.8) is 0 Å². The Labute approximate surface area is 219 Å². The smallest absolute Gasteiger partial charge is 0.244 e. The summed E-state index contributed by atoms with van der Waals surface area (Å²) in [6, 6.07) is 10.8. The van der Waals surface area contributed by atoms with Crippen LogP contribution in [0.1, 0.15) is 32.8 Å². The van der Waals surface area contributed by atoms with Gasteiger partial charge in [-0.1, -0.05) is 58.2 Å². The molecule has 0 aromatic heterocycles. The van der Waals surface area contributed by atoms with Gasteiger partial charge in [0.2, 0.25) is 21.8 Å². The summed E-state index contributed by atoms with van der Waals surface area (Å²) < 4.78 is 27.0. The topological polar surface area (TPSA) is 86.8 Å². The Morgan fingerprint density at radius 1 is 1.09 bits per heavy atom. The van der Waals surface area contributed by atoms with Gasteiger partial charge >= 0.3 is 0 Å². The van der Waals surface area contributed by atoms with Gasteiger partial charge in [0.05, 0.1) is 17.0 Å². The van der Waals surface area contributed by atoms with E-state index in [0.717, 1.165) is 27.0 Å². The molecular formula is C23H28BrCl2N3O4S. The highest BCUT2D eigenvalue weighted by Gasteiger charge is 2.31. The van der Waals surface area contributed by atoms with Gasteiger partial charge in [-0.3, -0.25) is 13.9 Å². The van der Waals surface area contributed by atoms with Crippen LogP contribution in [0.5, 0.6) is 0 Å². The highest BCUT2D eigenvalue weighted by Crippen LogP contribution is 2.31. The predicted molar refractivity (Wildman–Crippen MR) is 141 cm³/mol. The van der Waals surface area contributed by atoms with Crippen LogP contribution in [0.3, 0.4) is 0 Å². The summed E-state index contributed by atoms with van der Waals surface area (Å²) in [5.74, 6) is -0.886. The molecule has 11 heteroatoms. The van der Waals surface area contributed by atoms with E-state index < -0.39 is 28.5 Å². The van der Waals surface area contributed by atoms with Crippen LogP contribution in [-0.2, 0) is 26.2 Å². The molecular weight excluding hydrogens is 565 g/mol. The van der Waals surface area contributed by atoms with Crippen LogP contribution in [-0.4, -0.2) is 50.0 Å². The van der Waals surface area contributed by atoms with Crippen molar-refractivity contribution in [3.05, 3.63) is 62.5 Å². The molecule has 7 nitrogen and oxygen atoms in total. The van der Waals surface area contributed by atoms with Gasteiger partial charge in [-0.2, -0.15) is 0 Å². The van der Waals surface area contributed by atoms with Crippen molar-refractivity contribution in [2.24, 2.45) is 0 Å². The number of hydrogen-bond acceptors (Lipinski definition) is 4. The minimum Gasteiger partial charge on any atom is -0.352 e. The first-order chi connectivity index (χ1) is 15.8. The monoisotopic (exact) mass is 591 g/mol. The van der Waals surface area contributed by atoms with Crippen LogP contribution in [0.4, 0.5) is 5.69 Å². The second-order valence-electron chi connectivity index (χ2n) is 8.01. The summed E-state index contributed by atoms with van der Waals surface area (Å²) in [4.78, 5) is 27.7. The van der Waals surface area contributed by atoms with Gasteiger partial charge in [-0.15, -0.1) is 0 Å². The number of anilines is 1. The maximum atomic E-state index is 13.5. The van der Waals surface area contributed by atoms with Crippen molar-refractivity contribution in [2.45, 2.75) is 45.8 Å². The quantitative estimate of drug-likeness (QED) is 0.427. The molecule has 0 unspecified atom stereocenters. The van der Waals surface area contributed by atoms with Crippen LogP contribution < -0.4 is 9.62 Å². The molecule has 186 valence electrons. The molecule has 2 aromatic carbocycles. The average molecular weight is 593 g/mol. The second-order valence-corrected chi connectivity index (χ2v) is 11.7. The molecule has 0 spiro atoms. The number of sulfonamides is 1. The van der Waals surface area contributed by atoms with Gasteiger partial charge in [0, 0.05) is 22.1 Å². The van der Waals surface area contributed by atoms with E-state index in [9.17, 15) is 18.0 Å². The third kappa shape index (κ3) is 7.86. The molecule has 0 aliphatic carbocycles. The molecule has 0 bridgehead atoms. The summed E-state index contributed by atoms with van der Waals surface area (Å²) in [6.45, 7) is 5.00. The molecule has 2 rings (SSSR count). The Hall–Kier alpha value is -1.81. The SMILES string of the molecule is CC[C@@H](C)NC(=O)[C@@H](C)N(Cc1ccc(Br)cc1)C(=O)CN(c1cc(Cl)ccc1Cl)S(C)(=O)=O. The average Bonchev–Trinajstić information content (AvgIpc) is 2.77. The first kappa shape index (κ1) is 28.4. The molecule has 0 saturated carbocycles. The van der Waals surface area contributed by atoms with E-state index in [1.54, 1.807) is 6.92 Å². The predicted octanol–water partition coefficient (Wildman–Crippen LogP) is 4.85. The molecule has 2 atom stereocenters. The number of amides is 2. The first-order valence-corrected chi connectivity index (χ1v) is 14.0. The van der Waals surface area contributed by atoms with Crippen LogP contribution in [0.25, 0.3) is 0 Å². The van der Waals surface area contributed by atoms with E-state index in [2.05, 4.69) is 21.2 Å². The lowest BCUT2D eigenvalue weighted by Crippen LogP contribution is -2.52. The van der Waals surface area contributed by atoms with Gasteiger partial charge in [-0.25, -0.2) is 8.42 Å². The third-order valence-corrected chi connectivity index (χ3v) is 7.50. The van der Waals surface area contributed by atoms with Crippen molar-refractivity contribution < 1.29 is 18.0 Å². The fourth-order valence-electron chi connectivity index (χ4n) is 3.11. The lowest BCUT2D eigenvalue weighted by molar-refractivity contribution is -0.139. The lowest BCUT2D eigenvalue weighted by Gasteiger charge is -2.32. The van der Waals surface area contributed by atoms with Gasteiger partial charge in [0.25, 0.3) is 0 Å². The van der Waals surface area contributed by atoms with Gasteiger partial charge in [0.15, 0.2) is 0 Å². The number of benzene rings is 2. The maximum Gasteiger partial charge on any atom is 0.244 e. The summed E-state index contributed by atoms with van der Waals surface area (Å²) in [6.07, 6.45) is 1.71. The van der Waals surface area contributed by atoms with Gasteiger partial charge in [-0.05, 0) is 56.2 Å². The minimum atomic E-state index is -3.90. The Morgan fingerprint density at radius 3 is 2.26 bits per heavy atom. The fourth-order valence-corrected chi connectivity index (χ4v) is 4.66. The maximum absolute atomic E-state index is 13.5. The molecule has 1 N–H and O–H groups in total. The zero-order valence-corrected chi connectivity index (χ0v) is 23.3. The van der Waals surface area contributed by atoms with E-state index in [4.69, 9.17) is 23.2 Å². The number of nitrogens with one attached hydrogen (secondary N) is 1. The molecule has 0 radical (unpaired) electrons. The number of carbonyl (C=O) groups is 2. The largest absolute Gasteiger partial charge is 0.352 e. The van der Waals surface area contributed by atoms with Crippen LogP contribution in [0.2, 0.25) is 10.0 Å². The van der Waals surface area contributed by atoms with Crippen molar-refractivity contribution >= 4 is 66.7 Å². The van der Waals surface area contributed by atoms with E-state index in [1.165, 1.54) is 23.1 Å². The summed E-state index contributed by atoms with van der Waals surface area (Å²) >= 11 is 15.7. The van der Waals surface area contributed by atoms with E-state index in [-0.39, 0.29) is 34.2 Å². The Morgan fingerprint density at radius 2 is 1.71 bits per heavy atom. The van der Waals surface area contributed by atoms with E-state index >= 15 is 0 Å². The molecule has 2 amide bonds. The zero-order chi connectivity index (χ0) is 25.6. The number of hydrogen-bond donors (Lipinski definition) is 1. The fraction of sp³-hybridized carbons (Fsp3) is 0.391. The summed E-state index contributed by atoms with van der Waals surface area (Å²) in [5.41, 5.74) is 0.872.